The average molecular weight is 208 g/mol. The van der Waals surface area contributed by atoms with Gasteiger partial charge in [-0.15, -0.1) is 12.4 Å². The highest BCUT2D eigenvalue weighted by molar-refractivity contribution is 5.85. The van der Waals surface area contributed by atoms with Crippen molar-refractivity contribution in [2.45, 2.75) is 38.6 Å². The van der Waals surface area contributed by atoms with Crippen molar-refractivity contribution in [2.24, 2.45) is 17.6 Å². The van der Waals surface area contributed by atoms with Crippen molar-refractivity contribution in [2.75, 3.05) is 0 Å². The molecule has 3 atom stereocenters. The molecule has 0 amide bonds. The van der Waals surface area contributed by atoms with E-state index in [2.05, 4.69) is 6.92 Å². The predicted molar refractivity (Wildman–Crippen MR) is 54.0 cm³/mol. The van der Waals surface area contributed by atoms with Crippen LogP contribution in [0.1, 0.15) is 33.1 Å². The van der Waals surface area contributed by atoms with Crippen LogP contribution in [0.3, 0.4) is 0 Å². The molecule has 0 aliphatic heterocycles. The topological polar surface area (TPSA) is 63.3 Å². The number of carbonyl (C=O) groups is 1. The molecule has 3 unspecified atom stereocenters. The molecule has 1 aliphatic rings. The van der Waals surface area contributed by atoms with Gasteiger partial charge in [-0.2, -0.15) is 0 Å². The van der Waals surface area contributed by atoms with Gasteiger partial charge in [0.1, 0.15) is 5.54 Å². The maximum atomic E-state index is 10.9. The summed E-state index contributed by atoms with van der Waals surface area (Å²) in [5.74, 6) is -0.128. The van der Waals surface area contributed by atoms with E-state index >= 15 is 0 Å². The summed E-state index contributed by atoms with van der Waals surface area (Å²) in [6.07, 6.45) is 2.49. The Kier molecular flexibility index (Phi) is 4.20. The Morgan fingerprint density at radius 3 is 2.46 bits per heavy atom. The molecule has 0 radical (unpaired) electrons. The van der Waals surface area contributed by atoms with Gasteiger partial charge in [0.25, 0.3) is 0 Å². The molecule has 1 rings (SSSR count). The van der Waals surface area contributed by atoms with Crippen molar-refractivity contribution < 1.29 is 9.90 Å². The largest absolute Gasteiger partial charge is 0.480 e. The first kappa shape index (κ1) is 12.7. The number of carboxylic acids is 1. The monoisotopic (exact) mass is 207 g/mol. The molecule has 0 bridgehead atoms. The van der Waals surface area contributed by atoms with Crippen LogP contribution in [0, 0.1) is 11.8 Å². The molecule has 3 N–H and O–H groups in total. The minimum atomic E-state index is -0.966. The van der Waals surface area contributed by atoms with E-state index in [1.165, 1.54) is 0 Å². The van der Waals surface area contributed by atoms with Gasteiger partial charge in [-0.25, -0.2) is 0 Å². The summed E-state index contributed by atoms with van der Waals surface area (Å²) in [6, 6.07) is 0. The number of hydrogen-bond donors (Lipinski definition) is 2. The minimum Gasteiger partial charge on any atom is -0.480 e. The molecule has 1 saturated carbocycles. The van der Waals surface area contributed by atoms with Crippen LogP contribution in [0.25, 0.3) is 0 Å². The maximum absolute atomic E-state index is 10.9. The van der Waals surface area contributed by atoms with Gasteiger partial charge in [0.05, 0.1) is 0 Å². The number of nitrogens with two attached hydrogens (primary N) is 1. The van der Waals surface area contributed by atoms with Crippen LogP contribution in [0.15, 0.2) is 0 Å². The second kappa shape index (κ2) is 4.29. The van der Waals surface area contributed by atoms with Crippen molar-refractivity contribution in [1.82, 2.24) is 0 Å². The molecular weight excluding hydrogens is 190 g/mol. The first-order valence-electron chi connectivity index (χ1n) is 4.49. The van der Waals surface area contributed by atoms with Gasteiger partial charge in [0.2, 0.25) is 0 Å². The SMILES string of the molecule is CC1CCC(N)(C(=O)O)C(C)C1.Cl. The summed E-state index contributed by atoms with van der Waals surface area (Å²) < 4.78 is 0. The fraction of sp³-hybridized carbons (Fsp3) is 0.889. The zero-order valence-electron chi connectivity index (χ0n) is 8.12. The van der Waals surface area contributed by atoms with E-state index in [4.69, 9.17) is 10.8 Å². The third-order valence-electron chi connectivity index (χ3n) is 3.08. The lowest BCUT2D eigenvalue weighted by Crippen LogP contribution is -2.55. The van der Waals surface area contributed by atoms with E-state index in [1.54, 1.807) is 0 Å². The van der Waals surface area contributed by atoms with E-state index < -0.39 is 11.5 Å². The van der Waals surface area contributed by atoms with Crippen LogP contribution in [0.2, 0.25) is 0 Å². The maximum Gasteiger partial charge on any atom is 0.323 e. The summed E-state index contributed by atoms with van der Waals surface area (Å²) in [5.41, 5.74) is 4.84. The van der Waals surface area contributed by atoms with Crippen LogP contribution < -0.4 is 5.73 Å². The standard InChI is InChI=1S/C9H17NO2.ClH/c1-6-3-4-9(10,8(11)12)7(2)5-6;/h6-7H,3-5,10H2,1-2H3,(H,11,12);1H. The summed E-state index contributed by atoms with van der Waals surface area (Å²) in [7, 11) is 0. The minimum absolute atomic E-state index is 0. The lowest BCUT2D eigenvalue weighted by atomic mass is 9.70. The molecule has 3 nitrogen and oxygen atoms in total. The Morgan fingerprint density at radius 2 is 2.08 bits per heavy atom. The number of hydrogen-bond acceptors (Lipinski definition) is 2. The van der Waals surface area contributed by atoms with Gasteiger partial charge in [-0.1, -0.05) is 13.8 Å². The highest BCUT2D eigenvalue weighted by Gasteiger charge is 2.42. The van der Waals surface area contributed by atoms with E-state index in [9.17, 15) is 4.79 Å². The Bertz CT molecular complexity index is 198. The van der Waals surface area contributed by atoms with Crippen molar-refractivity contribution in [3.63, 3.8) is 0 Å². The van der Waals surface area contributed by atoms with Crippen LogP contribution in [0.4, 0.5) is 0 Å². The van der Waals surface area contributed by atoms with E-state index in [0.717, 1.165) is 12.8 Å². The van der Waals surface area contributed by atoms with Gasteiger partial charge in [-0.05, 0) is 31.1 Å². The summed E-state index contributed by atoms with van der Waals surface area (Å²) in [5, 5.41) is 8.93. The van der Waals surface area contributed by atoms with Crippen LogP contribution in [-0.2, 0) is 4.79 Å². The molecule has 0 heterocycles. The summed E-state index contributed by atoms with van der Waals surface area (Å²) in [4.78, 5) is 10.9. The Hall–Kier alpha value is -0.280. The first-order chi connectivity index (χ1) is 5.47. The van der Waals surface area contributed by atoms with Crippen LogP contribution in [0.5, 0.6) is 0 Å². The fourth-order valence-corrected chi connectivity index (χ4v) is 1.98. The highest BCUT2D eigenvalue weighted by atomic mass is 35.5. The molecule has 1 aliphatic carbocycles. The van der Waals surface area contributed by atoms with E-state index in [0.29, 0.717) is 12.3 Å². The molecule has 4 heteroatoms. The highest BCUT2D eigenvalue weighted by Crippen LogP contribution is 2.34. The third kappa shape index (κ3) is 2.35. The van der Waals surface area contributed by atoms with Gasteiger partial charge in [0, 0.05) is 0 Å². The smallest absolute Gasteiger partial charge is 0.323 e. The molecule has 1 fully saturated rings. The Balaban J connectivity index is 0.00000144. The van der Waals surface area contributed by atoms with Crippen LogP contribution in [-0.4, -0.2) is 16.6 Å². The lowest BCUT2D eigenvalue weighted by molar-refractivity contribution is -0.147. The molecule has 78 valence electrons. The summed E-state index contributed by atoms with van der Waals surface area (Å²) in [6.45, 7) is 4.09. The molecular formula is C9H18ClNO2. The molecule has 0 aromatic heterocycles. The van der Waals surface area contributed by atoms with Crippen LogP contribution >= 0.6 is 12.4 Å². The van der Waals surface area contributed by atoms with E-state index in [1.807, 2.05) is 6.92 Å². The average Bonchev–Trinajstić information content (AvgIpc) is 1.97. The quantitative estimate of drug-likeness (QED) is 0.687. The van der Waals surface area contributed by atoms with Crippen molar-refractivity contribution in [3.05, 3.63) is 0 Å². The zero-order valence-corrected chi connectivity index (χ0v) is 8.93. The predicted octanol–water partition coefficient (Wildman–Crippen LogP) is 1.65. The number of halogens is 1. The Morgan fingerprint density at radius 1 is 1.54 bits per heavy atom. The van der Waals surface area contributed by atoms with Crippen molar-refractivity contribution >= 4 is 18.4 Å². The fourth-order valence-electron chi connectivity index (χ4n) is 1.98. The molecule has 0 saturated heterocycles. The summed E-state index contributed by atoms with van der Waals surface area (Å²) >= 11 is 0. The van der Waals surface area contributed by atoms with Gasteiger partial charge in [-0.3, -0.25) is 4.79 Å². The van der Waals surface area contributed by atoms with Crippen molar-refractivity contribution in [3.8, 4) is 0 Å². The Labute approximate surface area is 85.1 Å². The van der Waals surface area contributed by atoms with E-state index in [-0.39, 0.29) is 18.3 Å². The number of aliphatic carboxylic acids is 1. The van der Waals surface area contributed by atoms with Crippen molar-refractivity contribution in [1.29, 1.82) is 0 Å². The second-order valence-electron chi connectivity index (χ2n) is 4.13. The number of carboxylic acid groups (broad SMARTS) is 1. The van der Waals surface area contributed by atoms with Gasteiger partial charge in [0.15, 0.2) is 0 Å². The normalized spacial score (nSPS) is 39.3. The third-order valence-corrected chi connectivity index (χ3v) is 3.08. The second-order valence-corrected chi connectivity index (χ2v) is 4.13. The zero-order chi connectivity index (χ0) is 9.35. The molecule has 0 aromatic carbocycles. The van der Waals surface area contributed by atoms with Gasteiger partial charge < -0.3 is 10.8 Å². The first-order valence-corrected chi connectivity index (χ1v) is 4.49. The molecule has 0 aromatic rings. The van der Waals surface area contributed by atoms with Gasteiger partial charge >= 0.3 is 5.97 Å². The molecule has 13 heavy (non-hydrogen) atoms. The lowest BCUT2D eigenvalue weighted by Gasteiger charge is -2.38. The molecule has 0 spiro atoms. The number of rotatable bonds is 1.